The Morgan fingerprint density at radius 3 is 2.70 bits per heavy atom. The highest BCUT2D eigenvalue weighted by Gasteiger charge is 2.19. The molecule has 1 amide bonds. The minimum Gasteiger partial charge on any atom is -0.369 e. The first kappa shape index (κ1) is 14.3. The van der Waals surface area contributed by atoms with Gasteiger partial charge in [0, 0.05) is 25.3 Å². The SMILES string of the molecule is CCN(C(=O)c1cnc2c(c1)nc(N)n2CC)C(C)C. The second-order valence-corrected chi connectivity index (χ2v) is 4.97. The van der Waals surface area contributed by atoms with Gasteiger partial charge in [-0.05, 0) is 33.8 Å². The third-order valence-corrected chi connectivity index (χ3v) is 3.40. The van der Waals surface area contributed by atoms with Crippen molar-refractivity contribution in [3.63, 3.8) is 0 Å². The molecule has 2 aromatic rings. The molecule has 0 spiro atoms. The Kier molecular flexibility index (Phi) is 3.92. The molecule has 0 aromatic carbocycles. The molecular formula is C14H21N5O. The van der Waals surface area contributed by atoms with Crippen LogP contribution in [0.15, 0.2) is 12.3 Å². The molecule has 2 aromatic heterocycles. The lowest BCUT2D eigenvalue weighted by Gasteiger charge is -2.24. The largest absolute Gasteiger partial charge is 0.369 e. The molecule has 0 fully saturated rings. The van der Waals surface area contributed by atoms with Crippen LogP contribution in [0, 0.1) is 0 Å². The first-order valence-electron chi connectivity index (χ1n) is 6.92. The van der Waals surface area contributed by atoms with Gasteiger partial charge in [-0.2, -0.15) is 0 Å². The Morgan fingerprint density at radius 2 is 2.15 bits per heavy atom. The van der Waals surface area contributed by atoms with Gasteiger partial charge in [0.15, 0.2) is 5.65 Å². The Labute approximate surface area is 118 Å². The van der Waals surface area contributed by atoms with Crippen molar-refractivity contribution in [3.8, 4) is 0 Å². The van der Waals surface area contributed by atoms with Crippen molar-refractivity contribution in [2.45, 2.75) is 40.3 Å². The predicted molar refractivity (Wildman–Crippen MR) is 79.5 cm³/mol. The summed E-state index contributed by atoms with van der Waals surface area (Å²) in [5.41, 5.74) is 7.77. The van der Waals surface area contributed by atoms with Gasteiger partial charge < -0.3 is 10.6 Å². The van der Waals surface area contributed by atoms with E-state index in [-0.39, 0.29) is 11.9 Å². The molecule has 0 radical (unpaired) electrons. The lowest BCUT2D eigenvalue weighted by molar-refractivity contribution is 0.0716. The van der Waals surface area contributed by atoms with Crippen LogP contribution >= 0.6 is 0 Å². The molecule has 0 aliphatic heterocycles. The topological polar surface area (TPSA) is 77.0 Å². The summed E-state index contributed by atoms with van der Waals surface area (Å²) in [6, 6.07) is 1.92. The van der Waals surface area contributed by atoms with Crippen LogP contribution in [0.5, 0.6) is 0 Å². The van der Waals surface area contributed by atoms with E-state index in [1.54, 1.807) is 17.2 Å². The van der Waals surface area contributed by atoms with Crippen molar-refractivity contribution >= 4 is 23.0 Å². The number of nitrogen functional groups attached to an aromatic ring is 1. The number of aromatic nitrogens is 3. The van der Waals surface area contributed by atoms with E-state index in [1.807, 2.05) is 32.3 Å². The zero-order valence-corrected chi connectivity index (χ0v) is 12.4. The highest BCUT2D eigenvalue weighted by atomic mass is 16.2. The Balaban J connectivity index is 2.44. The molecule has 6 nitrogen and oxygen atoms in total. The average molecular weight is 275 g/mol. The fourth-order valence-electron chi connectivity index (χ4n) is 2.37. The molecule has 2 heterocycles. The van der Waals surface area contributed by atoms with Crippen LogP contribution in [-0.2, 0) is 6.54 Å². The van der Waals surface area contributed by atoms with E-state index in [0.717, 1.165) is 0 Å². The molecule has 2 N–H and O–H groups in total. The maximum Gasteiger partial charge on any atom is 0.255 e. The molecule has 108 valence electrons. The Bertz CT molecular complexity index is 632. The summed E-state index contributed by atoms with van der Waals surface area (Å²) < 4.78 is 1.82. The van der Waals surface area contributed by atoms with Gasteiger partial charge in [-0.25, -0.2) is 9.97 Å². The van der Waals surface area contributed by atoms with Gasteiger partial charge in [0.2, 0.25) is 5.95 Å². The van der Waals surface area contributed by atoms with E-state index >= 15 is 0 Å². The second kappa shape index (κ2) is 5.48. The lowest BCUT2D eigenvalue weighted by Crippen LogP contribution is -2.36. The summed E-state index contributed by atoms with van der Waals surface area (Å²) in [7, 11) is 0. The monoisotopic (exact) mass is 275 g/mol. The maximum absolute atomic E-state index is 12.4. The van der Waals surface area contributed by atoms with Crippen LogP contribution in [0.4, 0.5) is 5.95 Å². The second-order valence-electron chi connectivity index (χ2n) is 4.97. The van der Waals surface area contributed by atoms with E-state index in [9.17, 15) is 4.79 Å². The standard InChI is InChI=1S/C14H21N5O/c1-5-18(9(3)4)13(20)10-7-11-12(16-8-10)19(6-2)14(15)17-11/h7-9H,5-6H2,1-4H3,(H2,15,17). The molecular weight excluding hydrogens is 254 g/mol. The predicted octanol–water partition coefficient (Wildman–Crippen LogP) is 1.90. The van der Waals surface area contributed by atoms with Gasteiger partial charge >= 0.3 is 0 Å². The normalized spacial score (nSPS) is 11.2. The van der Waals surface area contributed by atoms with Gasteiger partial charge in [0.05, 0.1) is 5.56 Å². The van der Waals surface area contributed by atoms with E-state index < -0.39 is 0 Å². The number of aryl methyl sites for hydroxylation is 1. The number of nitrogens with two attached hydrogens (primary N) is 1. The minimum atomic E-state index is -0.0264. The number of carbonyl (C=O) groups is 1. The van der Waals surface area contributed by atoms with Crippen LogP contribution in [0.25, 0.3) is 11.2 Å². The number of nitrogens with zero attached hydrogens (tertiary/aromatic N) is 4. The van der Waals surface area contributed by atoms with Crippen molar-refractivity contribution < 1.29 is 4.79 Å². The van der Waals surface area contributed by atoms with Crippen LogP contribution < -0.4 is 5.73 Å². The van der Waals surface area contributed by atoms with Gasteiger partial charge in [-0.15, -0.1) is 0 Å². The zero-order valence-electron chi connectivity index (χ0n) is 12.4. The number of pyridine rings is 1. The number of carbonyl (C=O) groups excluding carboxylic acids is 1. The smallest absolute Gasteiger partial charge is 0.255 e. The molecule has 0 bridgehead atoms. The average Bonchev–Trinajstić information content (AvgIpc) is 2.72. The number of fused-ring (bicyclic) bond motifs is 1. The van der Waals surface area contributed by atoms with Crippen LogP contribution in [-0.4, -0.2) is 37.9 Å². The number of imidazole rings is 1. The van der Waals surface area contributed by atoms with E-state index in [0.29, 0.717) is 35.8 Å². The molecule has 2 rings (SSSR count). The quantitative estimate of drug-likeness (QED) is 0.924. The summed E-state index contributed by atoms with van der Waals surface area (Å²) >= 11 is 0. The fraction of sp³-hybridized carbons (Fsp3) is 0.500. The van der Waals surface area contributed by atoms with Crippen molar-refractivity contribution in [1.82, 2.24) is 19.4 Å². The van der Waals surface area contributed by atoms with Crippen molar-refractivity contribution in [2.24, 2.45) is 0 Å². The van der Waals surface area contributed by atoms with Crippen LogP contribution in [0.1, 0.15) is 38.1 Å². The third-order valence-electron chi connectivity index (χ3n) is 3.40. The van der Waals surface area contributed by atoms with Crippen molar-refractivity contribution in [1.29, 1.82) is 0 Å². The Hall–Kier alpha value is -2.11. The summed E-state index contributed by atoms with van der Waals surface area (Å²) in [5.74, 6) is 0.400. The minimum absolute atomic E-state index is 0.0264. The fourth-order valence-corrected chi connectivity index (χ4v) is 2.37. The van der Waals surface area contributed by atoms with E-state index in [2.05, 4.69) is 9.97 Å². The molecule has 0 unspecified atom stereocenters. The van der Waals surface area contributed by atoms with Crippen molar-refractivity contribution in [3.05, 3.63) is 17.8 Å². The summed E-state index contributed by atoms with van der Waals surface area (Å²) in [5, 5.41) is 0. The van der Waals surface area contributed by atoms with Gasteiger partial charge in [0.25, 0.3) is 5.91 Å². The van der Waals surface area contributed by atoms with Gasteiger partial charge in [-0.1, -0.05) is 0 Å². The lowest BCUT2D eigenvalue weighted by atomic mass is 10.2. The van der Waals surface area contributed by atoms with Gasteiger partial charge in [0.1, 0.15) is 5.52 Å². The van der Waals surface area contributed by atoms with Crippen molar-refractivity contribution in [2.75, 3.05) is 12.3 Å². The highest BCUT2D eigenvalue weighted by molar-refractivity contribution is 5.96. The number of hydrogen-bond donors (Lipinski definition) is 1. The number of hydrogen-bond acceptors (Lipinski definition) is 4. The van der Waals surface area contributed by atoms with Gasteiger partial charge in [-0.3, -0.25) is 9.36 Å². The van der Waals surface area contributed by atoms with Crippen LogP contribution in [0.2, 0.25) is 0 Å². The molecule has 0 atom stereocenters. The van der Waals surface area contributed by atoms with Crippen LogP contribution in [0.3, 0.4) is 0 Å². The first-order chi connectivity index (χ1) is 9.49. The molecule has 0 saturated carbocycles. The van der Waals surface area contributed by atoms with E-state index in [1.165, 1.54) is 0 Å². The summed E-state index contributed by atoms with van der Waals surface area (Å²) in [6.07, 6.45) is 1.60. The number of rotatable bonds is 4. The number of anilines is 1. The molecule has 0 saturated heterocycles. The zero-order chi connectivity index (χ0) is 14.9. The molecule has 20 heavy (non-hydrogen) atoms. The van der Waals surface area contributed by atoms with E-state index in [4.69, 9.17) is 5.73 Å². The highest BCUT2D eigenvalue weighted by Crippen LogP contribution is 2.18. The Morgan fingerprint density at radius 1 is 1.45 bits per heavy atom. The summed E-state index contributed by atoms with van der Waals surface area (Å²) in [4.78, 5) is 22.8. The molecule has 6 heteroatoms. The number of amides is 1. The summed E-state index contributed by atoms with van der Waals surface area (Å²) in [6.45, 7) is 9.31. The third kappa shape index (κ3) is 2.33. The first-order valence-corrected chi connectivity index (χ1v) is 6.92. The maximum atomic E-state index is 12.4. The molecule has 0 aliphatic carbocycles. The molecule has 0 aliphatic rings.